The van der Waals surface area contributed by atoms with Crippen molar-refractivity contribution in [2.45, 2.75) is 32.0 Å². The molecule has 2 aliphatic rings. The zero-order chi connectivity index (χ0) is 30.4. The number of aliphatic hydroxyl groups excluding tert-OH is 1. The second-order valence-corrected chi connectivity index (χ2v) is 11.0. The van der Waals surface area contributed by atoms with E-state index >= 15 is 0 Å². The molecule has 1 saturated heterocycles. The molecule has 3 aromatic carbocycles. The summed E-state index contributed by atoms with van der Waals surface area (Å²) in [4.78, 5) is 44.3. The molecule has 2 atom stereocenters. The molecular formula is C34H38N4O5. The largest absolute Gasteiger partial charge is 0.395 e. The molecule has 1 fully saturated rings. The van der Waals surface area contributed by atoms with Gasteiger partial charge < -0.3 is 30.2 Å². The fourth-order valence-corrected chi connectivity index (χ4v) is 5.80. The zero-order valence-corrected chi connectivity index (χ0v) is 24.4. The van der Waals surface area contributed by atoms with E-state index in [4.69, 9.17) is 0 Å². The van der Waals surface area contributed by atoms with Gasteiger partial charge in [-0.25, -0.2) is 0 Å². The van der Waals surface area contributed by atoms with Crippen molar-refractivity contribution in [1.29, 1.82) is 0 Å². The maximum absolute atomic E-state index is 13.9. The molecule has 0 aliphatic carbocycles. The number of nitrogens with zero attached hydrogens (tertiary/aromatic N) is 3. The van der Waals surface area contributed by atoms with E-state index in [2.05, 4.69) is 5.32 Å². The SMILES string of the molecule is C[C@H](/C=C/CC(=O)N(CCO)Cc1ccccc1)[C@@]1(O)C(=O)N(Cc2cccc(N3CCNCC3=O)c2)c2ccccc21. The minimum Gasteiger partial charge on any atom is -0.395 e. The summed E-state index contributed by atoms with van der Waals surface area (Å²) in [5.74, 6) is -1.22. The number of piperazine rings is 1. The highest BCUT2D eigenvalue weighted by molar-refractivity contribution is 6.07. The smallest absolute Gasteiger partial charge is 0.264 e. The highest BCUT2D eigenvalue weighted by Crippen LogP contribution is 2.45. The minimum absolute atomic E-state index is 0.000916. The molecule has 0 aromatic heterocycles. The molecule has 3 amide bonds. The number of benzene rings is 3. The number of hydrogen-bond donors (Lipinski definition) is 3. The Kier molecular flexibility index (Phi) is 9.35. The summed E-state index contributed by atoms with van der Waals surface area (Å²) in [6.07, 6.45) is 3.48. The summed E-state index contributed by atoms with van der Waals surface area (Å²) in [5, 5.41) is 24.5. The molecule has 2 heterocycles. The number of carbonyl (C=O) groups excluding carboxylic acids is 3. The molecule has 0 unspecified atom stereocenters. The lowest BCUT2D eigenvalue weighted by Crippen LogP contribution is -2.48. The van der Waals surface area contributed by atoms with Gasteiger partial charge in [-0.15, -0.1) is 0 Å². The Morgan fingerprint density at radius 2 is 1.79 bits per heavy atom. The molecule has 43 heavy (non-hydrogen) atoms. The van der Waals surface area contributed by atoms with E-state index in [9.17, 15) is 24.6 Å². The van der Waals surface area contributed by atoms with E-state index in [-0.39, 0.29) is 37.9 Å². The van der Waals surface area contributed by atoms with Crippen LogP contribution in [0.15, 0.2) is 91.0 Å². The lowest BCUT2D eigenvalue weighted by atomic mass is 9.83. The first kappa shape index (κ1) is 30.2. The molecule has 0 radical (unpaired) electrons. The van der Waals surface area contributed by atoms with Crippen molar-refractivity contribution < 1.29 is 24.6 Å². The van der Waals surface area contributed by atoms with Crippen LogP contribution < -0.4 is 15.1 Å². The van der Waals surface area contributed by atoms with Gasteiger partial charge in [0.1, 0.15) is 0 Å². The van der Waals surface area contributed by atoms with Crippen molar-refractivity contribution >= 4 is 29.1 Å². The Labute approximate surface area is 252 Å². The summed E-state index contributed by atoms with van der Waals surface area (Å²) in [5.41, 5.74) is 1.93. The lowest BCUT2D eigenvalue weighted by Gasteiger charge is -2.29. The molecule has 9 nitrogen and oxygen atoms in total. The van der Waals surface area contributed by atoms with Crippen LogP contribution in [0.25, 0.3) is 0 Å². The average molecular weight is 583 g/mol. The Morgan fingerprint density at radius 1 is 1.05 bits per heavy atom. The third kappa shape index (κ3) is 6.39. The molecule has 3 N–H and O–H groups in total. The maximum atomic E-state index is 13.9. The summed E-state index contributed by atoms with van der Waals surface area (Å²) in [6.45, 7) is 4.04. The van der Waals surface area contributed by atoms with E-state index < -0.39 is 17.4 Å². The first-order valence-electron chi connectivity index (χ1n) is 14.7. The van der Waals surface area contributed by atoms with Crippen LogP contribution in [0.5, 0.6) is 0 Å². The number of anilines is 2. The molecule has 5 rings (SSSR count). The van der Waals surface area contributed by atoms with Gasteiger partial charge in [0.15, 0.2) is 5.60 Å². The van der Waals surface area contributed by atoms with Gasteiger partial charge in [-0.3, -0.25) is 14.4 Å². The summed E-state index contributed by atoms with van der Waals surface area (Å²) < 4.78 is 0. The van der Waals surface area contributed by atoms with Gasteiger partial charge >= 0.3 is 0 Å². The average Bonchev–Trinajstić information content (AvgIpc) is 3.24. The van der Waals surface area contributed by atoms with Crippen LogP contribution in [0.1, 0.15) is 30.0 Å². The number of hydrogen-bond acceptors (Lipinski definition) is 6. The van der Waals surface area contributed by atoms with Crippen LogP contribution in [0.3, 0.4) is 0 Å². The van der Waals surface area contributed by atoms with Crippen molar-refractivity contribution in [3.63, 3.8) is 0 Å². The maximum Gasteiger partial charge on any atom is 0.264 e. The Hall–Kier alpha value is -4.31. The minimum atomic E-state index is -1.81. The molecule has 0 spiro atoms. The third-order valence-electron chi connectivity index (χ3n) is 8.14. The molecule has 2 aliphatic heterocycles. The van der Waals surface area contributed by atoms with Crippen molar-refractivity contribution in [2.24, 2.45) is 5.92 Å². The lowest BCUT2D eigenvalue weighted by molar-refractivity contribution is -0.139. The first-order chi connectivity index (χ1) is 20.8. The van der Waals surface area contributed by atoms with Gasteiger partial charge in [0.25, 0.3) is 5.91 Å². The van der Waals surface area contributed by atoms with Crippen LogP contribution in [-0.2, 0) is 33.1 Å². The van der Waals surface area contributed by atoms with Crippen LogP contribution in [0.4, 0.5) is 11.4 Å². The van der Waals surface area contributed by atoms with Crippen molar-refractivity contribution in [3.05, 3.63) is 108 Å². The first-order valence-corrected chi connectivity index (χ1v) is 14.7. The van der Waals surface area contributed by atoms with Gasteiger partial charge in [0, 0.05) is 49.8 Å². The Bertz CT molecular complexity index is 1490. The van der Waals surface area contributed by atoms with Crippen LogP contribution in [0.2, 0.25) is 0 Å². The van der Waals surface area contributed by atoms with Gasteiger partial charge in [0.2, 0.25) is 11.8 Å². The van der Waals surface area contributed by atoms with Crippen LogP contribution in [0, 0.1) is 5.92 Å². The second-order valence-electron chi connectivity index (χ2n) is 11.0. The molecular weight excluding hydrogens is 544 g/mol. The predicted octanol–water partition coefficient (Wildman–Crippen LogP) is 2.96. The molecule has 3 aromatic rings. The number of aliphatic hydroxyl groups is 2. The summed E-state index contributed by atoms with van der Waals surface area (Å²) in [7, 11) is 0. The summed E-state index contributed by atoms with van der Waals surface area (Å²) >= 11 is 0. The van der Waals surface area contributed by atoms with Gasteiger partial charge in [0.05, 0.1) is 25.4 Å². The second kappa shape index (κ2) is 13.3. The molecule has 224 valence electrons. The fraction of sp³-hybridized carbons (Fsp3) is 0.324. The van der Waals surface area contributed by atoms with Crippen molar-refractivity contribution in [3.8, 4) is 0 Å². The van der Waals surface area contributed by atoms with Crippen LogP contribution >= 0.6 is 0 Å². The predicted molar refractivity (Wildman–Crippen MR) is 165 cm³/mol. The van der Waals surface area contributed by atoms with Gasteiger partial charge in [-0.2, -0.15) is 0 Å². The van der Waals surface area contributed by atoms with Gasteiger partial charge in [-0.05, 0) is 29.3 Å². The number of carbonyl (C=O) groups is 3. The summed E-state index contributed by atoms with van der Waals surface area (Å²) in [6, 6.07) is 24.4. The number of amides is 3. The quantitative estimate of drug-likeness (QED) is 0.300. The number of nitrogens with one attached hydrogen (secondary N) is 1. The Balaban J connectivity index is 1.31. The van der Waals surface area contributed by atoms with Crippen molar-refractivity contribution in [2.75, 3.05) is 42.6 Å². The number of fused-ring (bicyclic) bond motifs is 1. The molecule has 0 saturated carbocycles. The Morgan fingerprint density at radius 3 is 2.56 bits per heavy atom. The molecule has 9 heteroatoms. The highest BCUT2D eigenvalue weighted by atomic mass is 16.3. The topological polar surface area (TPSA) is 113 Å². The van der Waals surface area contributed by atoms with E-state index in [1.54, 1.807) is 45.9 Å². The van der Waals surface area contributed by atoms with Gasteiger partial charge in [-0.1, -0.05) is 79.7 Å². The number of para-hydroxylation sites is 1. The number of rotatable bonds is 11. The van der Waals surface area contributed by atoms with E-state index in [0.717, 1.165) is 16.8 Å². The molecule has 0 bridgehead atoms. The van der Waals surface area contributed by atoms with E-state index in [1.165, 1.54) is 0 Å². The zero-order valence-electron chi connectivity index (χ0n) is 24.4. The third-order valence-corrected chi connectivity index (χ3v) is 8.14. The van der Waals surface area contributed by atoms with Crippen LogP contribution in [-0.4, -0.2) is 65.6 Å². The highest BCUT2D eigenvalue weighted by Gasteiger charge is 2.52. The standard InChI is InChI=1S/C34H38N4O5/c1-25(9-7-16-31(40)36(19-20-39)23-26-10-3-2-4-11-26)34(43)29-14-5-6-15-30(29)38(33(34)42)24-27-12-8-13-28(21-27)37-18-17-35-22-32(37)41/h2-15,21,25,35,39,43H,16-20,22-24H2,1H3/b9-7+/t25-,34+/m1/s1. The van der Waals surface area contributed by atoms with E-state index in [1.807, 2.05) is 66.7 Å². The normalized spacial score (nSPS) is 19.1. The monoisotopic (exact) mass is 582 g/mol. The van der Waals surface area contributed by atoms with E-state index in [0.29, 0.717) is 37.4 Å². The van der Waals surface area contributed by atoms with Crippen molar-refractivity contribution in [1.82, 2.24) is 10.2 Å². The fourth-order valence-electron chi connectivity index (χ4n) is 5.80.